The highest BCUT2D eigenvalue weighted by Gasteiger charge is 2.30. The average molecular weight is 425 g/mol. The van der Waals surface area contributed by atoms with Crippen LogP contribution in [0.1, 0.15) is 37.8 Å². The molecule has 0 N–H and O–H groups in total. The molecule has 0 aromatic heterocycles. The van der Waals surface area contributed by atoms with E-state index in [1.807, 2.05) is 42.5 Å². The van der Waals surface area contributed by atoms with Crippen molar-refractivity contribution in [3.05, 3.63) is 58.5 Å². The second-order valence-corrected chi connectivity index (χ2v) is 7.97. The van der Waals surface area contributed by atoms with Crippen molar-refractivity contribution in [1.29, 1.82) is 0 Å². The average Bonchev–Trinajstić information content (AvgIpc) is 3.02. The van der Waals surface area contributed by atoms with E-state index < -0.39 is 0 Å². The standard InChI is InChI=1S/C24H28N2O3S/c1-5-7-14-29-20-13-12-17(15-21(20)28-4)16-22-23(27)26(3)24(30-22)25-19-11-9-8-10-18(19)6-2/h8-13,15-16H,5-7,14H2,1-4H3/b22-16+,25-24?. The van der Waals surface area contributed by atoms with Crippen molar-refractivity contribution >= 4 is 34.6 Å². The number of methoxy groups -OCH3 is 1. The zero-order valence-electron chi connectivity index (χ0n) is 18.0. The zero-order chi connectivity index (χ0) is 21.5. The van der Waals surface area contributed by atoms with E-state index in [1.54, 1.807) is 19.1 Å². The summed E-state index contributed by atoms with van der Waals surface area (Å²) in [5.41, 5.74) is 2.94. The maximum atomic E-state index is 12.8. The van der Waals surface area contributed by atoms with E-state index >= 15 is 0 Å². The lowest BCUT2D eigenvalue weighted by Crippen LogP contribution is -2.23. The molecule has 0 atom stereocenters. The predicted octanol–water partition coefficient (Wildman–Crippen LogP) is 5.67. The Morgan fingerprint density at radius 2 is 1.93 bits per heavy atom. The first-order chi connectivity index (χ1) is 14.6. The number of ether oxygens (including phenoxy) is 2. The quantitative estimate of drug-likeness (QED) is 0.405. The van der Waals surface area contributed by atoms with Gasteiger partial charge in [0.2, 0.25) is 0 Å². The van der Waals surface area contributed by atoms with Gasteiger partial charge >= 0.3 is 0 Å². The van der Waals surface area contributed by atoms with Gasteiger partial charge in [0.15, 0.2) is 16.7 Å². The third kappa shape index (κ3) is 5.05. The summed E-state index contributed by atoms with van der Waals surface area (Å²) in [6.07, 6.45) is 4.84. The maximum Gasteiger partial charge on any atom is 0.266 e. The number of para-hydroxylation sites is 1. The Labute approximate surface area is 182 Å². The molecule has 0 unspecified atom stereocenters. The molecule has 0 spiro atoms. The molecule has 30 heavy (non-hydrogen) atoms. The van der Waals surface area contributed by atoms with Gasteiger partial charge in [-0.25, -0.2) is 4.99 Å². The van der Waals surface area contributed by atoms with Crippen LogP contribution in [0, 0.1) is 0 Å². The van der Waals surface area contributed by atoms with Crippen molar-refractivity contribution in [1.82, 2.24) is 4.90 Å². The highest BCUT2D eigenvalue weighted by Crippen LogP contribution is 2.35. The Bertz CT molecular complexity index is 969. The Morgan fingerprint density at radius 1 is 1.13 bits per heavy atom. The molecule has 0 bridgehead atoms. The van der Waals surface area contributed by atoms with Crippen molar-refractivity contribution in [3.8, 4) is 11.5 Å². The van der Waals surface area contributed by atoms with Crippen LogP contribution in [0.3, 0.4) is 0 Å². The first kappa shape index (κ1) is 22.0. The van der Waals surface area contributed by atoms with Crippen LogP contribution in [0.4, 0.5) is 5.69 Å². The normalized spacial score (nSPS) is 16.5. The number of hydrogen-bond donors (Lipinski definition) is 0. The van der Waals surface area contributed by atoms with Gasteiger partial charge in [0.05, 0.1) is 24.3 Å². The number of benzene rings is 2. The highest BCUT2D eigenvalue weighted by molar-refractivity contribution is 8.18. The monoisotopic (exact) mass is 424 g/mol. The fourth-order valence-electron chi connectivity index (χ4n) is 3.04. The van der Waals surface area contributed by atoms with E-state index in [9.17, 15) is 4.79 Å². The number of nitrogens with zero attached hydrogens (tertiary/aromatic N) is 2. The van der Waals surface area contributed by atoms with Crippen LogP contribution in [0.15, 0.2) is 52.4 Å². The Morgan fingerprint density at radius 3 is 2.67 bits per heavy atom. The van der Waals surface area contributed by atoms with Gasteiger partial charge in [-0.1, -0.05) is 44.5 Å². The molecular formula is C24H28N2O3S. The number of amidine groups is 1. The van der Waals surface area contributed by atoms with Gasteiger partial charge in [0.1, 0.15) is 0 Å². The summed E-state index contributed by atoms with van der Waals surface area (Å²) in [4.78, 5) is 19.7. The van der Waals surface area contributed by atoms with Crippen LogP contribution in [0.5, 0.6) is 11.5 Å². The van der Waals surface area contributed by atoms with E-state index in [-0.39, 0.29) is 5.91 Å². The number of aryl methyl sites for hydroxylation is 1. The highest BCUT2D eigenvalue weighted by atomic mass is 32.2. The lowest BCUT2D eigenvalue weighted by molar-refractivity contribution is -0.121. The molecule has 1 heterocycles. The molecule has 0 saturated carbocycles. The number of aliphatic imine (C=N–C) groups is 1. The van der Waals surface area contributed by atoms with Gasteiger partial charge in [-0.05, 0) is 60.0 Å². The first-order valence-corrected chi connectivity index (χ1v) is 11.0. The smallest absolute Gasteiger partial charge is 0.266 e. The number of likely N-dealkylation sites (N-methyl/N-ethyl adjacent to an activating group) is 1. The van der Waals surface area contributed by atoms with Crippen molar-refractivity contribution in [2.45, 2.75) is 33.1 Å². The van der Waals surface area contributed by atoms with Crippen molar-refractivity contribution < 1.29 is 14.3 Å². The number of amides is 1. The lowest BCUT2D eigenvalue weighted by Gasteiger charge is -2.11. The maximum absolute atomic E-state index is 12.8. The molecule has 0 radical (unpaired) electrons. The zero-order valence-corrected chi connectivity index (χ0v) is 18.8. The molecule has 1 saturated heterocycles. The fraction of sp³-hybridized carbons (Fsp3) is 0.333. The molecule has 6 heteroatoms. The largest absolute Gasteiger partial charge is 0.493 e. The van der Waals surface area contributed by atoms with E-state index in [4.69, 9.17) is 14.5 Å². The molecule has 1 amide bonds. The number of carbonyl (C=O) groups is 1. The van der Waals surface area contributed by atoms with Crippen LogP contribution in [-0.2, 0) is 11.2 Å². The lowest BCUT2D eigenvalue weighted by atomic mass is 10.1. The molecule has 1 aliphatic heterocycles. The minimum atomic E-state index is -0.0602. The van der Waals surface area contributed by atoms with Gasteiger partial charge in [-0.2, -0.15) is 0 Å². The molecule has 1 aliphatic rings. The number of thioether (sulfide) groups is 1. The van der Waals surface area contributed by atoms with Gasteiger partial charge in [-0.15, -0.1) is 0 Å². The summed E-state index contributed by atoms with van der Waals surface area (Å²) in [7, 11) is 3.38. The van der Waals surface area contributed by atoms with Crippen molar-refractivity contribution in [3.63, 3.8) is 0 Å². The van der Waals surface area contributed by atoms with Gasteiger partial charge < -0.3 is 9.47 Å². The van der Waals surface area contributed by atoms with E-state index in [1.165, 1.54) is 11.8 Å². The number of unbranched alkanes of at least 4 members (excludes halogenated alkanes) is 1. The number of hydrogen-bond acceptors (Lipinski definition) is 5. The summed E-state index contributed by atoms with van der Waals surface area (Å²) >= 11 is 1.39. The molecule has 3 rings (SSSR count). The third-order valence-corrected chi connectivity index (χ3v) is 5.89. The summed E-state index contributed by atoms with van der Waals surface area (Å²) in [5, 5.41) is 0.679. The predicted molar refractivity (Wildman–Crippen MR) is 125 cm³/mol. The number of rotatable bonds is 8. The minimum absolute atomic E-state index is 0.0602. The molecule has 158 valence electrons. The van der Waals surface area contributed by atoms with Gasteiger partial charge in [-0.3, -0.25) is 9.69 Å². The van der Waals surface area contributed by atoms with Crippen LogP contribution < -0.4 is 9.47 Å². The molecular weight excluding hydrogens is 396 g/mol. The van der Waals surface area contributed by atoms with E-state index in [0.29, 0.717) is 28.2 Å². The van der Waals surface area contributed by atoms with Gasteiger partial charge in [0.25, 0.3) is 5.91 Å². The summed E-state index contributed by atoms with van der Waals surface area (Å²) < 4.78 is 11.3. The van der Waals surface area contributed by atoms with Crippen molar-refractivity contribution in [2.24, 2.45) is 4.99 Å². The fourth-order valence-corrected chi connectivity index (χ4v) is 4.02. The summed E-state index contributed by atoms with van der Waals surface area (Å²) in [6.45, 7) is 4.89. The van der Waals surface area contributed by atoms with E-state index in [0.717, 1.165) is 36.1 Å². The SMILES string of the molecule is CCCCOc1ccc(/C=C2/SC(=Nc3ccccc3CC)N(C)C2=O)cc1OC. The van der Waals surface area contributed by atoms with E-state index in [2.05, 4.69) is 19.9 Å². The van der Waals surface area contributed by atoms with Gasteiger partial charge in [0, 0.05) is 7.05 Å². The summed E-state index contributed by atoms with van der Waals surface area (Å²) in [5.74, 6) is 1.32. The molecule has 1 fully saturated rings. The van der Waals surface area contributed by atoms with Crippen LogP contribution in [0.2, 0.25) is 0 Å². The van der Waals surface area contributed by atoms with Crippen LogP contribution >= 0.6 is 11.8 Å². The molecule has 5 nitrogen and oxygen atoms in total. The molecule has 2 aromatic carbocycles. The Kier molecular flexibility index (Phi) is 7.57. The molecule has 0 aliphatic carbocycles. The van der Waals surface area contributed by atoms with Crippen molar-refractivity contribution in [2.75, 3.05) is 20.8 Å². The second-order valence-electron chi connectivity index (χ2n) is 6.96. The number of carbonyl (C=O) groups excluding carboxylic acids is 1. The second kappa shape index (κ2) is 10.3. The molecule has 2 aromatic rings. The Hall–Kier alpha value is -2.73. The third-order valence-electron chi connectivity index (χ3n) is 4.83. The minimum Gasteiger partial charge on any atom is -0.493 e. The Balaban J connectivity index is 1.84. The topological polar surface area (TPSA) is 51.1 Å². The first-order valence-electron chi connectivity index (χ1n) is 10.2. The summed E-state index contributed by atoms with van der Waals surface area (Å²) in [6, 6.07) is 13.7. The van der Waals surface area contributed by atoms with Crippen LogP contribution in [0.25, 0.3) is 6.08 Å². The van der Waals surface area contributed by atoms with Crippen LogP contribution in [-0.4, -0.2) is 36.7 Å².